The van der Waals surface area contributed by atoms with Crippen LogP contribution in [0.15, 0.2) is 42.5 Å². The molecule has 0 saturated carbocycles. The van der Waals surface area contributed by atoms with Crippen LogP contribution in [-0.4, -0.2) is 31.6 Å². The van der Waals surface area contributed by atoms with Gasteiger partial charge in [-0.2, -0.15) is 0 Å². The zero-order valence-corrected chi connectivity index (χ0v) is 17.5. The second-order valence-corrected chi connectivity index (χ2v) is 8.20. The largest absolute Gasteiger partial charge is 0.490 e. The average molecular weight is 408 g/mol. The van der Waals surface area contributed by atoms with Crippen molar-refractivity contribution in [3.05, 3.63) is 53.6 Å². The number of ether oxygens (including phenoxy) is 2. The lowest BCUT2D eigenvalue weighted by molar-refractivity contribution is -0.126. The molecule has 1 fully saturated rings. The van der Waals surface area contributed by atoms with E-state index in [4.69, 9.17) is 9.47 Å². The van der Waals surface area contributed by atoms with Gasteiger partial charge in [-0.3, -0.25) is 9.59 Å². The number of anilines is 1. The highest BCUT2D eigenvalue weighted by Crippen LogP contribution is 2.31. The van der Waals surface area contributed by atoms with E-state index >= 15 is 0 Å². The number of nitrogens with zero attached hydrogens (tertiary/aromatic N) is 1. The molecule has 2 aliphatic rings. The Labute approximate surface area is 177 Å². The Bertz CT molecular complexity index is 923. The van der Waals surface area contributed by atoms with Crippen LogP contribution in [0.2, 0.25) is 0 Å². The van der Waals surface area contributed by atoms with Crippen molar-refractivity contribution in [1.29, 1.82) is 0 Å². The zero-order valence-electron chi connectivity index (χ0n) is 17.5. The molecule has 0 aromatic heterocycles. The number of amides is 2. The average Bonchev–Trinajstić information content (AvgIpc) is 2.99. The number of nitrogens with one attached hydrogen (secondary N) is 1. The summed E-state index contributed by atoms with van der Waals surface area (Å²) in [5, 5.41) is 2.97. The molecule has 1 unspecified atom stereocenters. The molecule has 6 nitrogen and oxygen atoms in total. The first-order valence-electron chi connectivity index (χ1n) is 10.6. The van der Waals surface area contributed by atoms with Gasteiger partial charge in [0.1, 0.15) is 0 Å². The minimum Gasteiger partial charge on any atom is -0.490 e. The number of carbonyl (C=O) groups excluding carboxylic acids is 2. The number of rotatable bonds is 5. The summed E-state index contributed by atoms with van der Waals surface area (Å²) in [5.41, 5.74) is 3.02. The van der Waals surface area contributed by atoms with Crippen molar-refractivity contribution < 1.29 is 19.1 Å². The Morgan fingerprint density at radius 3 is 2.57 bits per heavy atom. The van der Waals surface area contributed by atoms with Crippen molar-refractivity contribution >= 4 is 17.5 Å². The summed E-state index contributed by atoms with van der Waals surface area (Å²) in [7, 11) is 0. The van der Waals surface area contributed by atoms with Crippen molar-refractivity contribution in [2.24, 2.45) is 5.92 Å². The van der Waals surface area contributed by atoms with Gasteiger partial charge in [0, 0.05) is 31.6 Å². The Kier molecular flexibility index (Phi) is 5.93. The molecule has 0 aliphatic carbocycles. The Morgan fingerprint density at radius 1 is 1.10 bits per heavy atom. The molecule has 4 rings (SSSR count). The maximum atomic E-state index is 12.7. The maximum Gasteiger partial charge on any atom is 0.227 e. The molecule has 1 atom stereocenters. The first-order valence-corrected chi connectivity index (χ1v) is 10.6. The molecule has 2 amide bonds. The van der Waals surface area contributed by atoms with Crippen LogP contribution < -0.4 is 19.7 Å². The summed E-state index contributed by atoms with van der Waals surface area (Å²) in [6.45, 7) is 6.35. The van der Waals surface area contributed by atoms with Gasteiger partial charge in [-0.15, -0.1) is 0 Å². The Morgan fingerprint density at radius 2 is 1.83 bits per heavy atom. The predicted octanol–water partition coefficient (Wildman–Crippen LogP) is 3.64. The monoisotopic (exact) mass is 408 g/mol. The highest BCUT2D eigenvalue weighted by Gasteiger charge is 2.35. The number of hydrogen-bond acceptors (Lipinski definition) is 4. The summed E-state index contributed by atoms with van der Waals surface area (Å²) in [5.74, 6) is 1.44. The Balaban J connectivity index is 1.35. The second-order valence-electron chi connectivity index (χ2n) is 8.20. The lowest BCUT2D eigenvalue weighted by atomic mass is 10.0. The topological polar surface area (TPSA) is 67.9 Å². The molecule has 0 bridgehead atoms. The van der Waals surface area contributed by atoms with Gasteiger partial charge in [0.05, 0.1) is 19.1 Å². The van der Waals surface area contributed by atoms with Crippen molar-refractivity contribution in [3.63, 3.8) is 0 Å². The van der Waals surface area contributed by atoms with Crippen LogP contribution in [0.3, 0.4) is 0 Å². The quantitative estimate of drug-likeness (QED) is 0.820. The van der Waals surface area contributed by atoms with Gasteiger partial charge in [-0.05, 0) is 41.3 Å². The van der Waals surface area contributed by atoms with Crippen LogP contribution in [0, 0.1) is 5.92 Å². The summed E-state index contributed by atoms with van der Waals surface area (Å²) in [4.78, 5) is 26.9. The van der Waals surface area contributed by atoms with Crippen molar-refractivity contribution in [2.45, 2.75) is 39.2 Å². The van der Waals surface area contributed by atoms with Gasteiger partial charge in [-0.25, -0.2) is 0 Å². The number of hydrogen-bond donors (Lipinski definition) is 1. The fourth-order valence-electron chi connectivity index (χ4n) is 3.82. The highest BCUT2D eigenvalue weighted by molar-refractivity contribution is 6.00. The minimum absolute atomic E-state index is 0.0111. The maximum absolute atomic E-state index is 12.7. The molecule has 1 saturated heterocycles. The summed E-state index contributed by atoms with van der Waals surface area (Å²) in [6, 6.07) is 13.7. The van der Waals surface area contributed by atoms with E-state index in [1.807, 2.05) is 42.5 Å². The van der Waals surface area contributed by atoms with E-state index in [2.05, 4.69) is 19.2 Å². The molecule has 2 aliphatic heterocycles. The van der Waals surface area contributed by atoms with Crippen LogP contribution in [-0.2, 0) is 16.1 Å². The fourth-order valence-corrected chi connectivity index (χ4v) is 3.82. The van der Waals surface area contributed by atoms with E-state index in [-0.39, 0.29) is 24.2 Å². The predicted molar refractivity (Wildman–Crippen MR) is 115 cm³/mol. The van der Waals surface area contributed by atoms with Gasteiger partial charge in [0.15, 0.2) is 11.5 Å². The van der Waals surface area contributed by atoms with E-state index in [9.17, 15) is 9.59 Å². The highest BCUT2D eigenvalue weighted by atomic mass is 16.5. The summed E-state index contributed by atoms with van der Waals surface area (Å²) >= 11 is 0. The molecule has 6 heteroatoms. The number of benzene rings is 2. The zero-order chi connectivity index (χ0) is 21.1. The van der Waals surface area contributed by atoms with Gasteiger partial charge in [0.25, 0.3) is 0 Å². The van der Waals surface area contributed by atoms with Crippen molar-refractivity contribution in [3.8, 4) is 11.5 Å². The molecule has 2 aromatic rings. The molecular weight excluding hydrogens is 380 g/mol. The molecule has 2 aromatic carbocycles. The first-order chi connectivity index (χ1) is 14.5. The molecule has 30 heavy (non-hydrogen) atoms. The first kappa shape index (κ1) is 20.3. The lowest BCUT2D eigenvalue weighted by Crippen LogP contribution is -2.32. The van der Waals surface area contributed by atoms with Crippen LogP contribution in [0.4, 0.5) is 5.69 Å². The van der Waals surface area contributed by atoms with E-state index in [1.54, 1.807) is 4.90 Å². The smallest absolute Gasteiger partial charge is 0.227 e. The molecule has 1 N–H and O–H groups in total. The third kappa shape index (κ3) is 4.42. The standard InChI is InChI=1S/C24H28N2O4/c1-16(2)18-5-7-20(8-6-18)26-15-19(13-23(26)27)24(28)25-14-17-4-9-21-22(12-17)30-11-3-10-29-21/h4-9,12,16,19H,3,10-11,13-15H2,1-2H3,(H,25,28). The summed E-state index contributed by atoms with van der Waals surface area (Å²) < 4.78 is 11.3. The molecule has 158 valence electrons. The van der Waals surface area contributed by atoms with Crippen molar-refractivity contribution in [1.82, 2.24) is 5.32 Å². The van der Waals surface area contributed by atoms with Gasteiger partial charge >= 0.3 is 0 Å². The molecule has 2 heterocycles. The fraction of sp³-hybridized carbons (Fsp3) is 0.417. The van der Waals surface area contributed by atoms with Crippen molar-refractivity contribution in [2.75, 3.05) is 24.7 Å². The van der Waals surface area contributed by atoms with Gasteiger partial charge in [-0.1, -0.05) is 32.0 Å². The third-order valence-corrected chi connectivity index (χ3v) is 5.65. The van der Waals surface area contributed by atoms with E-state index in [0.717, 1.165) is 23.4 Å². The Hall–Kier alpha value is -3.02. The number of carbonyl (C=O) groups is 2. The third-order valence-electron chi connectivity index (χ3n) is 5.65. The minimum atomic E-state index is -0.345. The molecule has 0 radical (unpaired) electrons. The lowest BCUT2D eigenvalue weighted by Gasteiger charge is -2.18. The molecule has 0 spiro atoms. The van der Waals surface area contributed by atoms with Gasteiger partial charge in [0.2, 0.25) is 11.8 Å². The normalized spacial score (nSPS) is 18.4. The van der Waals surface area contributed by atoms with Crippen LogP contribution >= 0.6 is 0 Å². The number of fused-ring (bicyclic) bond motifs is 1. The summed E-state index contributed by atoms with van der Waals surface area (Å²) in [6.07, 6.45) is 1.09. The van der Waals surface area contributed by atoms with Crippen LogP contribution in [0.25, 0.3) is 0 Å². The molecular formula is C24H28N2O4. The van der Waals surface area contributed by atoms with E-state index in [0.29, 0.717) is 38.0 Å². The van der Waals surface area contributed by atoms with Crippen LogP contribution in [0.5, 0.6) is 11.5 Å². The second kappa shape index (κ2) is 8.78. The van der Waals surface area contributed by atoms with E-state index in [1.165, 1.54) is 5.56 Å². The SMILES string of the molecule is CC(C)c1ccc(N2CC(C(=O)NCc3ccc4c(c3)OCCCO4)CC2=O)cc1. The van der Waals surface area contributed by atoms with E-state index < -0.39 is 0 Å². The van der Waals surface area contributed by atoms with Gasteiger partial charge < -0.3 is 19.7 Å². The van der Waals surface area contributed by atoms with Crippen LogP contribution in [0.1, 0.15) is 43.7 Å².